The number of nitrogens with one attached hydrogen (secondary N) is 1. The van der Waals surface area contributed by atoms with Crippen LogP contribution in [0.1, 0.15) is 19.8 Å². The molecule has 0 aromatic heterocycles. The Morgan fingerprint density at radius 2 is 2.46 bits per heavy atom. The molecule has 2 unspecified atom stereocenters. The lowest BCUT2D eigenvalue weighted by atomic mass is 9.93. The van der Waals surface area contributed by atoms with Gasteiger partial charge < -0.3 is 10.1 Å². The smallest absolute Gasteiger partial charge is 0.306 e. The summed E-state index contributed by atoms with van der Waals surface area (Å²) in [6.07, 6.45) is 0.0367. The predicted molar refractivity (Wildman–Crippen MR) is 47.1 cm³/mol. The van der Waals surface area contributed by atoms with Gasteiger partial charge in [0, 0.05) is 12.5 Å². The van der Waals surface area contributed by atoms with Gasteiger partial charge in [0.25, 0.3) is 0 Å². The fourth-order valence-electron chi connectivity index (χ4n) is 1.54. The largest absolute Gasteiger partial charge is 0.466 e. The average Bonchev–Trinajstić information content (AvgIpc) is 2.09. The van der Waals surface area contributed by atoms with E-state index in [4.69, 9.17) is 4.74 Å². The van der Waals surface area contributed by atoms with Crippen molar-refractivity contribution in [3.63, 3.8) is 0 Å². The van der Waals surface area contributed by atoms with Crippen molar-refractivity contribution in [3.05, 3.63) is 0 Å². The lowest BCUT2D eigenvalue weighted by Gasteiger charge is -2.25. The van der Waals surface area contributed by atoms with Gasteiger partial charge in [0.05, 0.1) is 13.0 Å². The van der Waals surface area contributed by atoms with Crippen LogP contribution in [0.3, 0.4) is 0 Å². The molecule has 0 bridgehead atoms. The Labute approximate surface area is 77.6 Å². The highest BCUT2D eigenvalue weighted by molar-refractivity contribution is 5.69. The van der Waals surface area contributed by atoms with Gasteiger partial charge in [0.1, 0.15) is 6.17 Å². The second-order valence-electron chi connectivity index (χ2n) is 3.28. The van der Waals surface area contributed by atoms with Crippen molar-refractivity contribution in [3.8, 4) is 0 Å². The number of hydrogen-bond donors (Lipinski definition) is 1. The van der Waals surface area contributed by atoms with Crippen LogP contribution >= 0.6 is 0 Å². The second-order valence-corrected chi connectivity index (χ2v) is 3.28. The van der Waals surface area contributed by atoms with Crippen LogP contribution in [0.5, 0.6) is 0 Å². The number of ether oxygens (including phenoxy) is 1. The lowest BCUT2D eigenvalue weighted by Crippen LogP contribution is -2.39. The number of esters is 1. The quantitative estimate of drug-likeness (QED) is 0.670. The maximum atomic E-state index is 13.2. The third-order valence-corrected chi connectivity index (χ3v) is 2.28. The van der Waals surface area contributed by atoms with E-state index in [1.165, 1.54) is 0 Å². The fourth-order valence-corrected chi connectivity index (χ4v) is 1.54. The van der Waals surface area contributed by atoms with Crippen molar-refractivity contribution in [2.45, 2.75) is 25.9 Å². The third kappa shape index (κ3) is 3.30. The molecule has 76 valence electrons. The highest BCUT2D eigenvalue weighted by Crippen LogP contribution is 2.19. The number of alkyl halides is 1. The zero-order valence-corrected chi connectivity index (χ0v) is 7.88. The van der Waals surface area contributed by atoms with Crippen LogP contribution in [-0.4, -0.2) is 31.8 Å². The minimum absolute atomic E-state index is 0.153. The molecule has 2 atom stereocenters. The van der Waals surface area contributed by atoms with E-state index in [0.29, 0.717) is 13.2 Å². The summed E-state index contributed by atoms with van der Waals surface area (Å²) in [6.45, 7) is 3.29. The number of hydrogen-bond acceptors (Lipinski definition) is 3. The third-order valence-electron chi connectivity index (χ3n) is 2.28. The van der Waals surface area contributed by atoms with Gasteiger partial charge in [-0.1, -0.05) is 0 Å². The molecule has 13 heavy (non-hydrogen) atoms. The summed E-state index contributed by atoms with van der Waals surface area (Å²) in [4.78, 5) is 11.0. The second kappa shape index (κ2) is 5.17. The van der Waals surface area contributed by atoms with Crippen molar-refractivity contribution >= 4 is 5.97 Å². The average molecular weight is 189 g/mol. The van der Waals surface area contributed by atoms with Crippen LogP contribution in [-0.2, 0) is 9.53 Å². The molecule has 0 aliphatic carbocycles. The molecule has 1 rings (SSSR count). The molecule has 0 spiro atoms. The van der Waals surface area contributed by atoms with E-state index in [2.05, 4.69) is 5.32 Å². The molecular weight excluding hydrogens is 173 g/mol. The van der Waals surface area contributed by atoms with Gasteiger partial charge in [-0.3, -0.25) is 4.79 Å². The van der Waals surface area contributed by atoms with Crippen LogP contribution in [0.4, 0.5) is 4.39 Å². The summed E-state index contributed by atoms with van der Waals surface area (Å²) in [5.41, 5.74) is 0. The number of piperidine rings is 1. The van der Waals surface area contributed by atoms with Crippen LogP contribution in [0.15, 0.2) is 0 Å². The number of halogens is 1. The molecule has 1 N–H and O–H groups in total. The molecule has 0 radical (unpaired) electrons. The predicted octanol–water partition coefficient (Wildman–Crippen LogP) is 0.887. The standard InChI is InChI=1S/C9H16FNO2/c1-2-13-9(12)5-7-3-4-11-6-8(7)10/h7-8,11H,2-6H2,1H3. The minimum Gasteiger partial charge on any atom is -0.466 e. The summed E-state index contributed by atoms with van der Waals surface area (Å²) in [7, 11) is 0. The lowest BCUT2D eigenvalue weighted by molar-refractivity contribution is -0.145. The Morgan fingerprint density at radius 1 is 1.69 bits per heavy atom. The summed E-state index contributed by atoms with van der Waals surface area (Å²) >= 11 is 0. The van der Waals surface area contributed by atoms with Crippen molar-refractivity contribution in [1.82, 2.24) is 5.32 Å². The Balaban J connectivity index is 2.29. The van der Waals surface area contributed by atoms with Crippen LogP contribution in [0.25, 0.3) is 0 Å². The molecule has 3 nitrogen and oxygen atoms in total. The van der Waals surface area contributed by atoms with E-state index in [1.807, 2.05) is 0 Å². The van der Waals surface area contributed by atoms with E-state index >= 15 is 0 Å². The van der Waals surface area contributed by atoms with E-state index in [-0.39, 0.29) is 18.3 Å². The minimum atomic E-state index is -0.904. The zero-order valence-electron chi connectivity index (χ0n) is 7.88. The number of rotatable bonds is 3. The van der Waals surface area contributed by atoms with Gasteiger partial charge in [-0.15, -0.1) is 0 Å². The van der Waals surface area contributed by atoms with Gasteiger partial charge in [-0.2, -0.15) is 0 Å². The van der Waals surface area contributed by atoms with Gasteiger partial charge in [0.2, 0.25) is 0 Å². The van der Waals surface area contributed by atoms with Crippen LogP contribution < -0.4 is 5.32 Å². The molecule has 0 amide bonds. The zero-order chi connectivity index (χ0) is 9.68. The number of carbonyl (C=O) groups excluding carboxylic acids is 1. The molecule has 0 saturated carbocycles. The molecule has 1 aliphatic heterocycles. The van der Waals surface area contributed by atoms with Crippen molar-refractivity contribution < 1.29 is 13.9 Å². The monoisotopic (exact) mass is 189 g/mol. The first-order valence-corrected chi connectivity index (χ1v) is 4.74. The van der Waals surface area contributed by atoms with Crippen molar-refractivity contribution in [2.24, 2.45) is 5.92 Å². The molecule has 1 saturated heterocycles. The number of carbonyl (C=O) groups is 1. The molecule has 1 fully saturated rings. The molecule has 4 heteroatoms. The maximum absolute atomic E-state index is 13.2. The molecule has 1 aliphatic rings. The first-order chi connectivity index (χ1) is 6.24. The van der Waals surface area contributed by atoms with Crippen LogP contribution in [0, 0.1) is 5.92 Å². The SMILES string of the molecule is CCOC(=O)CC1CCNCC1F. The molecule has 0 aromatic carbocycles. The topological polar surface area (TPSA) is 38.3 Å². The van der Waals surface area contributed by atoms with Gasteiger partial charge in [-0.05, 0) is 19.9 Å². The maximum Gasteiger partial charge on any atom is 0.306 e. The summed E-state index contributed by atoms with van der Waals surface area (Å²) in [5, 5.41) is 2.94. The summed E-state index contributed by atoms with van der Waals surface area (Å²) < 4.78 is 17.9. The molecule has 0 aromatic rings. The first kappa shape index (κ1) is 10.4. The highest BCUT2D eigenvalue weighted by atomic mass is 19.1. The fraction of sp³-hybridized carbons (Fsp3) is 0.889. The van der Waals surface area contributed by atoms with Gasteiger partial charge in [0.15, 0.2) is 0 Å². The van der Waals surface area contributed by atoms with Gasteiger partial charge >= 0.3 is 5.97 Å². The van der Waals surface area contributed by atoms with E-state index in [1.54, 1.807) is 6.92 Å². The van der Waals surface area contributed by atoms with Crippen molar-refractivity contribution in [1.29, 1.82) is 0 Å². The Morgan fingerprint density at radius 3 is 3.08 bits per heavy atom. The van der Waals surface area contributed by atoms with Crippen molar-refractivity contribution in [2.75, 3.05) is 19.7 Å². The van der Waals surface area contributed by atoms with E-state index in [0.717, 1.165) is 13.0 Å². The summed E-state index contributed by atoms with van der Waals surface area (Å²) in [5.74, 6) is -0.433. The molecular formula is C9H16FNO2. The normalized spacial score (nSPS) is 28.5. The Bertz CT molecular complexity index is 175. The first-order valence-electron chi connectivity index (χ1n) is 4.74. The highest BCUT2D eigenvalue weighted by Gasteiger charge is 2.26. The summed E-state index contributed by atoms with van der Waals surface area (Å²) in [6, 6.07) is 0. The van der Waals surface area contributed by atoms with E-state index < -0.39 is 6.17 Å². The molecule has 1 heterocycles. The van der Waals surface area contributed by atoms with Crippen LogP contribution in [0.2, 0.25) is 0 Å². The Hall–Kier alpha value is -0.640. The van der Waals surface area contributed by atoms with Gasteiger partial charge in [-0.25, -0.2) is 4.39 Å². The van der Waals surface area contributed by atoms with E-state index in [9.17, 15) is 9.18 Å². The Kier molecular flexibility index (Phi) is 4.15.